The molecule has 0 radical (unpaired) electrons. The van der Waals surface area contributed by atoms with Crippen LogP contribution in [0.5, 0.6) is 0 Å². The van der Waals surface area contributed by atoms with Gasteiger partial charge in [0.2, 0.25) is 0 Å². The van der Waals surface area contributed by atoms with Gasteiger partial charge < -0.3 is 4.57 Å². The Hall–Kier alpha value is -2.08. The lowest BCUT2D eigenvalue weighted by atomic mass is 9.83. The van der Waals surface area contributed by atoms with Gasteiger partial charge in [-0.2, -0.15) is 0 Å². The first-order chi connectivity index (χ1) is 13.7. The third-order valence-corrected chi connectivity index (χ3v) is 8.45. The summed E-state index contributed by atoms with van der Waals surface area (Å²) in [6.07, 6.45) is 5.30. The molecule has 1 aromatic carbocycles. The quantitative estimate of drug-likeness (QED) is 0.782. The van der Waals surface area contributed by atoms with Gasteiger partial charge in [0.15, 0.2) is 0 Å². The Morgan fingerprint density at radius 3 is 2.38 bits per heavy atom. The minimum atomic E-state index is -3.90. The monoisotopic (exact) mass is 414 g/mol. The molecular weight excluding hydrogens is 384 g/mol. The summed E-state index contributed by atoms with van der Waals surface area (Å²) in [6.45, 7) is 8.06. The van der Waals surface area contributed by atoms with E-state index in [0.717, 1.165) is 28.8 Å². The highest BCUT2D eigenvalue weighted by Gasteiger charge is 2.42. The van der Waals surface area contributed by atoms with Crippen LogP contribution < -0.4 is 4.72 Å². The Labute approximate surface area is 173 Å². The van der Waals surface area contributed by atoms with Crippen LogP contribution in [0.25, 0.3) is 0 Å². The summed E-state index contributed by atoms with van der Waals surface area (Å²) in [5.74, 6) is 1.73. The van der Waals surface area contributed by atoms with Gasteiger partial charge in [-0.1, -0.05) is 24.1 Å². The highest BCUT2D eigenvalue weighted by Crippen LogP contribution is 2.52. The zero-order chi connectivity index (χ0) is 20.9. The normalized spacial score (nSPS) is 24.6. The molecule has 2 fully saturated rings. The third-order valence-electron chi connectivity index (χ3n) is 7.11. The number of amides is 1. The van der Waals surface area contributed by atoms with E-state index in [1.807, 2.05) is 26.8 Å². The molecule has 6 heteroatoms. The van der Waals surface area contributed by atoms with Crippen LogP contribution >= 0.6 is 0 Å². The number of benzene rings is 1. The van der Waals surface area contributed by atoms with Crippen LogP contribution in [-0.2, 0) is 10.0 Å². The lowest BCUT2D eigenvalue weighted by molar-refractivity contribution is 0.0980. The Morgan fingerprint density at radius 1 is 1.10 bits per heavy atom. The third kappa shape index (κ3) is 3.63. The van der Waals surface area contributed by atoms with Crippen LogP contribution in [0.4, 0.5) is 0 Å². The summed E-state index contributed by atoms with van der Waals surface area (Å²) in [5, 5.41) is 0. The van der Waals surface area contributed by atoms with Crippen LogP contribution in [0.3, 0.4) is 0 Å². The van der Waals surface area contributed by atoms with Gasteiger partial charge in [-0.15, -0.1) is 0 Å². The highest BCUT2D eigenvalue weighted by atomic mass is 32.2. The molecule has 2 aromatic rings. The molecule has 1 heterocycles. The van der Waals surface area contributed by atoms with Crippen molar-refractivity contribution in [2.45, 2.75) is 64.3 Å². The van der Waals surface area contributed by atoms with Gasteiger partial charge in [0.05, 0.1) is 10.5 Å². The van der Waals surface area contributed by atoms with Gasteiger partial charge in [-0.3, -0.25) is 4.79 Å². The second-order valence-corrected chi connectivity index (χ2v) is 10.7. The molecule has 1 aromatic heterocycles. The SMILES string of the molecule is Cc1ccc(S(=O)(=O)NC(=O)c2cc(C)n([C@H](C)[C@@H]3C[C@H]4CC[C@@H]3C4)c2C)cc1. The molecule has 5 nitrogen and oxygen atoms in total. The number of hydrogen-bond acceptors (Lipinski definition) is 3. The molecule has 0 spiro atoms. The number of sulfonamides is 1. The van der Waals surface area contributed by atoms with E-state index in [-0.39, 0.29) is 4.90 Å². The van der Waals surface area contributed by atoms with Gasteiger partial charge in [0.25, 0.3) is 15.9 Å². The molecule has 4 rings (SSSR count). The average Bonchev–Trinajstić information content (AvgIpc) is 3.36. The van der Waals surface area contributed by atoms with Crippen LogP contribution in [0, 0.1) is 38.5 Å². The first kappa shape index (κ1) is 20.2. The number of rotatable bonds is 5. The minimum absolute atomic E-state index is 0.0978. The van der Waals surface area contributed by atoms with Crippen molar-refractivity contribution in [3.8, 4) is 0 Å². The molecule has 1 amide bonds. The predicted octanol–water partition coefficient (Wildman–Crippen LogP) is 4.53. The zero-order valence-corrected chi connectivity index (χ0v) is 18.4. The number of aryl methyl sites for hydroxylation is 2. The van der Waals surface area contributed by atoms with Crippen molar-refractivity contribution in [2.75, 3.05) is 0 Å². The number of carbonyl (C=O) groups is 1. The number of fused-ring (bicyclic) bond motifs is 2. The Kier molecular flexibility index (Phi) is 5.09. The van der Waals surface area contributed by atoms with Gasteiger partial charge in [0, 0.05) is 17.4 Å². The van der Waals surface area contributed by atoms with Crippen molar-refractivity contribution < 1.29 is 13.2 Å². The maximum Gasteiger partial charge on any atom is 0.266 e. The van der Waals surface area contributed by atoms with Crippen molar-refractivity contribution >= 4 is 15.9 Å². The van der Waals surface area contributed by atoms with Gasteiger partial charge in [-0.25, -0.2) is 13.1 Å². The Bertz CT molecular complexity index is 1040. The fraction of sp³-hybridized carbons (Fsp3) is 0.522. The second kappa shape index (κ2) is 7.31. The molecule has 0 aliphatic heterocycles. The molecular formula is C23H30N2O3S. The second-order valence-electron chi connectivity index (χ2n) is 8.98. The molecule has 2 aliphatic carbocycles. The first-order valence-corrected chi connectivity index (χ1v) is 12.0. The average molecular weight is 415 g/mol. The Morgan fingerprint density at radius 2 is 1.79 bits per heavy atom. The van der Waals surface area contributed by atoms with E-state index < -0.39 is 15.9 Å². The fourth-order valence-corrected chi connectivity index (χ4v) is 6.63. The molecule has 156 valence electrons. The summed E-state index contributed by atoms with van der Waals surface area (Å²) in [4.78, 5) is 13.0. The summed E-state index contributed by atoms with van der Waals surface area (Å²) < 4.78 is 29.7. The van der Waals surface area contributed by atoms with E-state index in [9.17, 15) is 13.2 Å². The molecule has 4 atom stereocenters. The lowest BCUT2D eigenvalue weighted by Crippen LogP contribution is -2.31. The van der Waals surface area contributed by atoms with Crippen molar-refractivity contribution in [1.82, 2.24) is 9.29 Å². The molecule has 0 unspecified atom stereocenters. The molecule has 2 aliphatic rings. The van der Waals surface area contributed by atoms with Gasteiger partial charge in [0.1, 0.15) is 0 Å². The van der Waals surface area contributed by atoms with E-state index in [1.165, 1.54) is 37.8 Å². The topological polar surface area (TPSA) is 68.2 Å². The largest absolute Gasteiger partial charge is 0.345 e. The fourth-order valence-electron chi connectivity index (χ4n) is 5.66. The molecule has 2 bridgehead atoms. The number of nitrogens with one attached hydrogen (secondary N) is 1. The van der Waals surface area contributed by atoms with Crippen molar-refractivity contribution in [2.24, 2.45) is 17.8 Å². The summed E-state index contributed by atoms with van der Waals surface area (Å²) in [5.41, 5.74) is 3.26. The maximum absolute atomic E-state index is 12.9. The molecule has 0 saturated heterocycles. The van der Waals surface area contributed by atoms with Crippen LogP contribution in [-0.4, -0.2) is 18.9 Å². The zero-order valence-electron chi connectivity index (χ0n) is 17.6. The molecule has 2 saturated carbocycles. The van der Waals surface area contributed by atoms with Crippen LogP contribution in [0.2, 0.25) is 0 Å². The number of carbonyl (C=O) groups excluding carboxylic acids is 1. The summed E-state index contributed by atoms with van der Waals surface area (Å²) >= 11 is 0. The van der Waals surface area contributed by atoms with Gasteiger partial charge >= 0.3 is 0 Å². The standard InChI is InChI=1S/C23H30N2O3S/c1-14-5-9-20(10-6-14)29(27,28)24-23(26)22-11-15(2)25(17(22)4)16(3)21-13-18-7-8-19(21)12-18/h5-6,9-11,16,18-19,21H,7-8,12-13H2,1-4H3,(H,24,26)/t16-,18+,19-,21+/m1/s1. The molecule has 1 N–H and O–H groups in total. The van der Waals surface area contributed by atoms with Crippen molar-refractivity contribution in [3.05, 3.63) is 52.8 Å². The van der Waals surface area contributed by atoms with Crippen LogP contribution in [0.1, 0.15) is 66.0 Å². The first-order valence-electron chi connectivity index (χ1n) is 10.5. The minimum Gasteiger partial charge on any atom is -0.345 e. The lowest BCUT2D eigenvalue weighted by Gasteiger charge is -2.31. The smallest absolute Gasteiger partial charge is 0.266 e. The van der Waals surface area contributed by atoms with E-state index in [2.05, 4.69) is 16.2 Å². The van der Waals surface area contributed by atoms with Gasteiger partial charge in [-0.05, 0) is 82.9 Å². The summed E-state index contributed by atoms with van der Waals surface area (Å²) in [6, 6.07) is 8.63. The van der Waals surface area contributed by atoms with E-state index in [0.29, 0.717) is 17.5 Å². The van der Waals surface area contributed by atoms with E-state index in [4.69, 9.17) is 0 Å². The van der Waals surface area contributed by atoms with E-state index in [1.54, 1.807) is 12.1 Å². The Balaban J connectivity index is 1.57. The predicted molar refractivity (Wildman–Crippen MR) is 113 cm³/mol. The van der Waals surface area contributed by atoms with Crippen LogP contribution in [0.15, 0.2) is 35.2 Å². The number of hydrogen-bond donors (Lipinski definition) is 1. The number of nitrogens with zero attached hydrogens (tertiary/aromatic N) is 1. The summed E-state index contributed by atoms with van der Waals surface area (Å²) in [7, 11) is -3.90. The number of aromatic nitrogens is 1. The molecule has 29 heavy (non-hydrogen) atoms. The van der Waals surface area contributed by atoms with Crippen molar-refractivity contribution in [1.29, 1.82) is 0 Å². The highest BCUT2D eigenvalue weighted by molar-refractivity contribution is 7.90. The van der Waals surface area contributed by atoms with Crippen molar-refractivity contribution in [3.63, 3.8) is 0 Å². The van der Waals surface area contributed by atoms with E-state index >= 15 is 0 Å². The maximum atomic E-state index is 12.9.